The zero-order chi connectivity index (χ0) is 16.9. The highest BCUT2D eigenvalue weighted by molar-refractivity contribution is 5.47. The van der Waals surface area contributed by atoms with Gasteiger partial charge in [-0.05, 0) is 29.5 Å². The van der Waals surface area contributed by atoms with Crippen LogP contribution in [0.25, 0.3) is 0 Å². The van der Waals surface area contributed by atoms with Crippen LogP contribution in [0.4, 0.5) is 13.2 Å². The lowest BCUT2D eigenvalue weighted by Gasteiger charge is -2.20. The minimum absolute atomic E-state index is 0.115. The molecule has 1 aromatic rings. The van der Waals surface area contributed by atoms with Crippen LogP contribution in [0.5, 0.6) is 5.75 Å². The molecule has 2 unspecified atom stereocenters. The van der Waals surface area contributed by atoms with Gasteiger partial charge in [0, 0.05) is 5.56 Å². The van der Waals surface area contributed by atoms with Crippen molar-refractivity contribution in [1.82, 2.24) is 0 Å². The summed E-state index contributed by atoms with van der Waals surface area (Å²) in [7, 11) is 0. The van der Waals surface area contributed by atoms with Crippen LogP contribution in [0.1, 0.15) is 37.8 Å². The first-order valence-corrected chi connectivity index (χ1v) is 6.69. The van der Waals surface area contributed by atoms with Crippen molar-refractivity contribution in [2.45, 2.75) is 39.2 Å². The van der Waals surface area contributed by atoms with Gasteiger partial charge < -0.3 is 9.84 Å². The van der Waals surface area contributed by atoms with Crippen molar-refractivity contribution in [3.63, 3.8) is 0 Å². The van der Waals surface area contributed by atoms with Crippen LogP contribution in [0.3, 0.4) is 0 Å². The maximum atomic E-state index is 12.6. The molecule has 5 heteroatoms. The highest BCUT2D eigenvalue weighted by atomic mass is 19.4. The number of rotatable bonds is 3. The SMILES string of the molecule is C#CC(O)C#Cc1ccc(C(C)C(C)C)c(OC(F)(F)F)c1. The second-order valence-corrected chi connectivity index (χ2v) is 5.17. The molecule has 0 aromatic heterocycles. The molecule has 0 aliphatic heterocycles. The van der Waals surface area contributed by atoms with E-state index < -0.39 is 12.5 Å². The Kier molecular flexibility index (Phi) is 5.91. The first-order chi connectivity index (χ1) is 10.1. The highest BCUT2D eigenvalue weighted by Crippen LogP contribution is 2.35. The average molecular weight is 310 g/mol. The van der Waals surface area contributed by atoms with Crippen LogP contribution < -0.4 is 4.74 Å². The second kappa shape index (κ2) is 7.24. The van der Waals surface area contributed by atoms with Gasteiger partial charge in [0.1, 0.15) is 5.75 Å². The van der Waals surface area contributed by atoms with Crippen molar-refractivity contribution in [1.29, 1.82) is 0 Å². The number of hydrogen-bond donors (Lipinski definition) is 1. The number of alkyl halides is 3. The van der Waals surface area contributed by atoms with Crippen molar-refractivity contribution in [2.24, 2.45) is 5.92 Å². The van der Waals surface area contributed by atoms with Crippen LogP contribution >= 0.6 is 0 Å². The Morgan fingerprint density at radius 3 is 2.36 bits per heavy atom. The molecule has 0 aliphatic rings. The third kappa shape index (κ3) is 5.35. The molecule has 0 amide bonds. The molecular weight excluding hydrogens is 293 g/mol. The molecule has 0 saturated heterocycles. The number of aliphatic hydroxyl groups is 1. The molecule has 0 bridgehead atoms. The Balaban J connectivity index is 3.25. The molecular formula is C17H17F3O2. The topological polar surface area (TPSA) is 29.5 Å². The summed E-state index contributed by atoms with van der Waals surface area (Å²) in [5, 5.41) is 9.17. The minimum Gasteiger partial charge on any atom is -0.405 e. The molecule has 2 nitrogen and oxygen atoms in total. The normalized spacial score (nSPS) is 13.8. The van der Waals surface area contributed by atoms with Crippen molar-refractivity contribution in [3.8, 4) is 29.9 Å². The van der Waals surface area contributed by atoms with E-state index in [0.717, 1.165) is 0 Å². The van der Waals surface area contributed by atoms with E-state index in [1.165, 1.54) is 6.07 Å². The predicted octanol–water partition coefficient (Wildman–Crippen LogP) is 3.69. The highest BCUT2D eigenvalue weighted by Gasteiger charge is 2.33. The van der Waals surface area contributed by atoms with Gasteiger partial charge in [0.15, 0.2) is 6.10 Å². The van der Waals surface area contributed by atoms with Gasteiger partial charge in [-0.15, -0.1) is 19.6 Å². The fourth-order valence-corrected chi connectivity index (χ4v) is 1.75. The van der Waals surface area contributed by atoms with Crippen LogP contribution in [-0.2, 0) is 0 Å². The standard InChI is InChI=1S/C17H17F3O2/c1-5-14(21)8-6-13-7-9-15(12(4)11(2)3)16(10-13)22-17(18,19)20/h1,7,9-12,14,21H,2-4H3. The van der Waals surface area contributed by atoms with Gasteiger partial charge in [-0.2, -0.15) is 0 Å². The summed E-state index contributed by atoms with van der Waals surface area (Å²) in [6, 6.07) is 4.34. The fraction of sp³-hybridized carbons (Fsp3) is 0.412. The molecule has 22 heavy (non-hydrogen) atoms. The maximum absolute atomic E-state index is 12.6. The zero-order valence-electron chi connectivity index (χ0n) is 12.5. The summed E-state index contributed by atoms with van der Waals surface area (Å²) < 4.78 is 41.8. The molecule has 0 fully saturated rings. The molecule has 0 heterocycles. The lowest BCUT2D eigenvalue weighted by Crippen LogP contribution is -2.19. The van der Waals surface area contributed by atoms with E-state index in [2.05, 4.69) is 16.6 Å². The van der Waals surface area contributed by atoms with Crippen LogP contribution in [0.15, 0.2) is 18.2 Å². The maximum Gasteiger partial charge on any atom is 0.573 e. The van der Waals surface area contributed by atoms with Gasteiger partial charge in [0.25, 0.3) is 0 Å². The Morgan fingerprint density at radius 1 is 1.23 bits per heavy atom. The molecule has 0 aliphatic carbocycles. The number of benzene rings is 1. The number of terminal acetylenes is 1. The molecule has 1 aromatic carbocycles. The number of hydrogen-bond acceptors (Lipinski definition) is 2. The van der Waals surface area contributed by atoms with E-state index in [1.807, 2.05) is 26.7 Å². The third-order valence-corrected chi connectivity index (χ3v) is 3.24. The Hall–Kier alpha value is -2.11. The van der Waals surface area contributed by atoms with Crippen molar-refractivity contribution >= 4 is 0 Å². The molecule has 0 spiro atoms. The summed E-state index contributed by atoms with van der Waals surface area (Å²) in [6.07, 6.45) is -1.07. The number of ether oxygens (including phenoxy) is 1. The van der Waals surface area contributed by atoms with E-state index in [0.29, 0.717) is 5.56 Å². The molecule has 0 radical (unpaired) electrons. The molecule has 0 saturated carbocycles. The van der Waals surface area contributed by atoms with Crippen LogP contribution in [0, 0.1) is 30.1 Å². The first-order valence-electron chi connectivity index (χ1n) is 6.69. The molecule has 1 N–H and O–H groups in total. The third-order valence-electron chi connectivity index (χ3n) is 3.24. The monoisotopic (exact) mass is 310 g/mol. The van der Waals surface area contributed by atoms with Crippen molar-refractivity contribution in [2.75, 3.05) is 0 Å². The Labute approximate surface area is 128 Å². The van der Waals surface area contributed by atoms with Gasteiger partial charge in [0.05, 0.1) is 0 Å². The van der Waals surface area contributed by atoms with E-state index in [1.54, 1.807) is 12.1 Å². The fourth-order valence-electron chi connectivity index (χ4n) is 1.75. The van der Waals surface area contributed by atoms with Crippen LogP contribution in [0.2, 0.25) is 0 Å². The quantitative estimate of drug-likeness (QED) is 0.863. The summed E-state index contributed by atoms with van der Waals surface area (Å²) >= 11 is 0. The molecule has 1 rings (SSSR count). The first kappa shape index (κ1) is 17.9. The van der Waals surface area contributed by atoms with Gasteiger partial charge in [-0.3, -0.25) is 0 Å². The molecule has 118 valence electrons. The Morgan fingerprint density at radius 2 is 1.86 bits per heavy atom. The lowest BCUT2D eigenvalue weighted by molar-refractivity contribution is -0.275. The Bertz CT molecular complexity index is 616. The van der Waals surface area contributed by atoms with Gasteiger partial charge >= 0.3 is 6.36 Å². The predicted molar refractivity (Wildman–Crippen MR) is 78.1 cm³/mol. The summed E-state index contributed by atoms with van der Waals surface area (Å²) in [6.45, 7) is 5.66. The van der Waals surface area contributed by atoms with Crippen molar-refractivity contribution in [3.05, 3.63) is 29.3 Å². The van der Waals surface area contributed by atoms with E-state index >= 15 is 0 Å². The zero-order valence-corrected chi connectivity index (χ0v) is 12.5. The largest absolute Gasteiger partial charge is 0.573 e. The molecule has 2 atom stereocenters. The van der Waals surface area contributed by atoms with E-state index in [9.17, 15) is 13.2 Å². The summed E-state index contributed by atoms with van der Waals surface area (Å²) in [5.41, 5.74) is 0.739. The van der Waals surface area contributed by atoms with Gasteiger partial charge in [0.2, 0.25) is 0 Å². The second-order valence-electron chi connectivity index (χ2n) is 5.17. The van der Waals surface area contributed by atoms with E-state index in [-0.39, 0.29) is 23.1 Å². The van der Waals surface area contributed by atoms with Gasteiger partial charge in [-0.1, -0.05) is 44.6 Å². The minimum atomic E-state index is -4.78. The number of halogens is 3. The average Bonchev–Trinajstić information content (AvgIpc) is 2.42. The summed E-state index contributed by atoms with van der Waals surface area (Å²) in [5.74, 6) is 6.62. The smallest absolute Gasteiger partial charge is 0.405 e. The van der Waals surface area contributed by atoms with E-state index in [4.69, 9.17) is 11.5 Å². The van der Waals surface area contributed by atoms with Crippen LogP contribution in [-0.4, -0.2) is 17.6 Å². The number of aliphatic hydroxyl groups excluding tert-OH is 1. The summed E-state index contributed by atoms with van der Waals surface area (Å²) in [4.78, 5) is 0. The van der Waals surface area contributed by atoms with Gasteiger partial charge in [-0.25, -0.2) is 0 Å². The van der Waals surface area contributed by atoms with Crippen molar-refractivity contribution < 1.29 is 23.0 Å². The lowest BCUT2D eigenvalue weighted by atomic mass is 9.89.